The number of fused-ring (bicyclic) bond motifs is 1. The first-order valence-corrected chi connectivity index (χ1v) is 5.34. The highest BCUT2D eigenvalue weighted by Crippen LogP contribution is 2.24. The lowest BCUT2D eigenvalue weighted by Gasteiger charge is -2.27. The molecule has 0 radical (unpaired) electrons. The minimum atomic E-state index is 0.467. The van der Waals surface area contributed by atoms with Crippen molar-refractivity contribution >= 4 is 27.0 Å². The van der Waals surface area contributed by atoms with E-state index in [1.807, 2.05) is 16.9 Å². The Balaban J connectivity index is 2.20. The first-order chi connectivity index (χ1) is 6.86. The van der Waals surface area contributed by atoms with E-state index in [4.69, 9.17) is 0 Å². The zero-order chi connectivity index (χ0) is 9.54. The van der Waals surface area contributed by atoms with Crippen LogP contribution in [0.2, 0.25) is 0 Å². The van der Waals surface area contributed by atoms with E-state index in [9.17, 15) is 0 Å². The molecule has 3 rings (SSSR count). The molecule has 0 atom stereocenters. The molecule has 0 amide bonds. The van der Waals surface area contributed by atoms with E-state index in [0.717, 1.165) is 28.6 Å². The number of nitrogens with zero attached hydrogens (tertiary/aromatic N) is 3. The first kappa shape index (κ1) is 8.38. The second kappa shape index (κ2) is 3.03. The number of halogens is 1. The van der Waals surface area contributed by atoms with Crippen molar-refractivity contribution in [3.05, 3.63) is 22.9 Å². The van der Waals surface area contributed by atoms with E-state index in [2.05, 4.69) is 31.3 Å². The molecule has 0 saturated carbocycles. The summed E-state index contributed by atoms with van der Waals surface area (Å²) in [5, 5.41) is 8.67. The van der Waals surface area contributed by atoms with E-state index >= 15 is 0 Å². The Hall–Kier alpha value is -0.940. The van der Waals surface area contributed by atoms with Gasteiger partial charge in [-0.1, -0.05) is 0 Å². The molecule has 1 aliphatic rings. The predicted octanol–water partition coefficient (Wildman–Crippen LogP) is 1.34. The quantitative estimate of drug-likeness (QED) is 0.833. The van der Waals surface area contributed by atoms with Crippen LogP contribution in [0.1, 0.15) is 6.04 Å². The lowest BCUT2D eigenvalue weighted by atomic mass is 10.2. The second-order valence-corrected chi connectivity index (χ2v) is 4.29. The Morgan fingerprint density at radius 3 is 3.07 bits per heavy atom. The van der Waals surface area contributed by atoms with Crippen LogP contribution in [0.15, 0.2) is 22.9 Å². The number of rotatable bonds is 1. The Morgan fingerprint density at radius 1 is 1.50 bits per heavy atom. The summed E-state index contributed by atoms with van der Waals surface area (Å²) < 4.78 is 3.05. The smallest absolute Gasteiger partial charge is 0.159 e. The minimum absolute atomic E-state index is 0.467. The molecular weight excluding hydrogens is 244 g/mol. The summed E-state index contributed by atoms with van der Waals surface area (Å²) in [5.74, 6) is 0. The molecule has 3 heterocycles. The van der Waals surface area contributed by atoms with Gasteiger partial charge in [0, 0.05) is 23.8 Å². The second-order valence-electron chi connectivity index (χ2n) is 3.43. The van der Waals surface area contributed by atoms with Gasteiger partial charge in [-0.3, -0.25) is 0 Å². The number of aromatic nitrogens is 3. The van der Waals surface area contributed by atoms with E-state index in [1.165, 1.54) is 0 Å². The van der Waals surface area contributed by atoms with Gasteiger partial charge in [-0.25, -0.2) is 9.67 Å². The van der Waals surface area contributed by atoms with E-state index in [0.29, 0.717) is 6.04 Å². The topological polar surface area (TPSA) is 42.7 Å². The Kier molecular flexibility index (Phi) is 1.81. The standard InChI is InChI=1S/C9H9BrN4/c10-8-1-2-12-9-7(8)5-13-14(9)6-3-11-4-6/h1-2,5-6,11H,3-4H2. The zero-order valence-electron chi connectivity index (χ0n) is 7.44. The van der Waals surface area contributed by atoms with Crippen LogP contribution < -0.4 is 5.32 Å². The SMILES string of the molecule is Brc1ccnc2c1cnn2C1CNC1. The maximum Gasteiger partial charge on any atom is 0.159 e. The van der Waals surface area contributed by atoms with Crippen molar-refractivity contribution < 1.29 is 0 Å². The molecule has 72 valence electrons. The van der Waals surface area contributed by atoms with Gasteiger partial charge in [-0.2, -0.15) is 5.10 Å². The van der Waals surface area contributed by atoms with E-state index in [1.54, 1.807) is 6.20 Å². The lowest BCUT2D eigenvalue weighted by Crippen LogP contribution is -2.43. The third-order valence-corrected chi connectivity index (χ3v) is 3.24. The summed E-state index contributed by atoms with van der Waals surface area (Å²) >= 11 is 3.49. The molecule has 0 aromatic carbocycles. The van der Waals surface area contributed by atoms with Gasteiger partial charge in [0.25, 0.3) is 0 Å². The highest BCUT2D eigenvalue weighted by atomic mass is 79.9. The van der Waals surface area contributed by atoms with Crippen molar-refractivity contribution in [1.29, 1.82) is 0 Å². The molecule has 1 saturated heterocycles. The van der Waals surface area contributed by atoms with Gasteiger partial charge in [0.05, 0.1) is 17.6 Å². The molecule has 2 aromatic rings. The van der Waals surface area contributed by atoms with Crippen LogP contribution in [0.25, 0.3) is 11.0 Å². The maximum absolute atomic E-state index is 4.36. The van der Waals surface area contributed by atoms with Crippen molar-refractivity contribution in [2.75, 3.05) is 13.1 Å². The van der Waals surface area contributed by atoms with Crippen LogP contribution in [0.3, 0.4) is 0 Å². The van der Waals surface area contributed by atoms with Gasteiger partial charge in [0.1, 0.15) is 0 Å². The van der Waals surface area contributed by atoms with Crippen molar-refractivity contribution in [2.45, 2.75) is 6.04 Å². The van der Waals surface area contributed by atoms with Crippen LogP contribution >= 0.6 is 15.9 Å². The third-order valence-electron chi connectivity index (χ3n) is 2.55. The molecule has 0 aliphatic carbocycles. The van der Waals surface area contributed by atoms with Gasteiger partial charge < -0.3 is 5.32 Å². The molecule has 14 heavy (non-hydrogen) atoms. The number of pyridine rings is 1. The van der Waals surface area contributed by atoms with Gasteiger partial charge in [0.2, 0.25) is 0 Å². The highest BCUT2D eigenvalue weighted by Gasteiger charge is 2.21. The van der Waals surface area contributed by atoms with E-state index < -0.39 is 0 Å². The zero-order valence-corrected chi connectivity index (χ0v) is 9.03. The minimum Gasteiger partial charge on any atom is -0.312 e. The summed E-state index contributed by atoms with van der Waals surface area (Å²) in [6.07, 6.45) is 3.67. The van der Waals surface area contributed by atoms with Crippen LogP contribution in [-0.2, 0) is 0 Å². The number of nitrogens with one attached hydrogen (secondary N) is 1. The fourth-order valence-corrected chi connectivity index (χ4v) is 2.03. The van der Waals surface area contributed by atoms with Crippen molar-refractivity contribution in [3.63, 3.8) is 0 Å². The van der Waals surface area contributed by atoms with Crippen molar-refractivity contribution in [2.24, 2.45) is 0 Å². The van der Waals surface area contributed by atoms with Gasteiger partial charge in [0.15, 0.2) is 5.65 Å². The molecule has 5 heteroatoms. The summed E-state index contributed by atoms with van der Waals surface area (Å²) in [7, 11) is 0. The summed E-state index contributed by atoms with van der Waals surface area (Å²) in [6.45, 7) is 1.98. The van der Waals surface area contributed by atoms with Gasteiger partial charge in [-0.15, -0.1) is 0 Å². The molecular formula is C9H9BrN4. The average molecular weight is 253 g/mol. The summed E-state index contributed by atoms with van der Waals surface area (Å²) in [6, 6.07) is 2.40. The van der Waals surface area contributed by atoms with Crippen LogP contribution in [0.5, 0.6) is 0 Å². The molecule has 1 fully saturated rings. The number of hydrogen-bond acceptors (Lipinski definition) is 3. The third kappa shape index (κ3) is 1.09. The van der Waals surface area contributed by atoms with Gasteiger partial charge >= 0.3 is 0 Å². The molecule has 2 aromatic heterocycles. The maximum atomic E-state index is 4.36. The fourth-order valence-electron chi connectivity index (χ4n) is 1.63. The first-order valence-electron chi connectivity index (χ1n) is 4.55. The average Bonchev–Trinajstić information content (AvgIpc) is 2.48. The Bertz CT molecular complexity index is 475. The molecule has 0 unspecified atom stereocenters. The lowest BCUT2D eigenvalue weighted by molar-refractivity contribution is 0.325. The predicted molar refractivity (Wildman–Crippen MR) is 57.1 cm³/mol. The summed E-state index contributed by atoms with van der Waals surface area (Å²) in [5.41, 5.74) is 0.964. The Morgan fingerprint density at radius 2 is 2.36 bits per heavy atom. The molecule has 1 aliphatic heterocycles. The van der Waals surface area contributed by atoms with Crippen LogP contribution in [-0.4, -0.2) is 27.9 Å². The molecule has 1 N–H and O–H groups in total. The van der Waals surface area contributed by atoms with Gasteiger partial charge in [-0.05, 0) is 22.0 Å². The molecule has 0 spiro atoms. The molecule has 0 bridgehead atoms. The fraction of sp³-hybridized carbons (Fsp3) is 0.333. The van der Waals surface area contributed by atoms with E-state index in [-0.39, 0.29) is 0 Å². The normalized spacial score (nSPS) is 17.2. The number of hydrogen-bond donors (Lipinski definition) is 1. The summed E-state index contributed by atoms with van der Waals surface area (Å²) in [4.78, 5) is 4.35. The highest BCUT2D eigenvalue weighted by molar-refractivity contribution is 9.10. The van der Waals surface area contributed by atoms with Crippen molar-refractivity contribution in [3.8, 4) is 0 Å². The monoisotopic (exact) mass is 252 g/mol. The van der Waals surface area contributed by atoms with Crippen molar-refractivity contribution in [1.82, 2.24) is 20.1 Å². The largest absolute Gasteiger partial charge is 0.312 e. The Labute approximate surface area is 89.4 Å². The van der Waals surface area contributed by atoms with Crippen LogP contribution in [0, 0.1) is 0 Å². The molecule has 4 nitrogen and oxygen atoms in total. The van der Waals surface area contributed by atoms with Crippen LogP contribution in [0.4, 0.5) is 0 Å².